The van der Waals surface area contributed by atoms with Crippen LogP contribution in [0.3, 0.4) is 0 Å². The highest BCUT2D eigenvalue weighted by Gasteiger charge is 2.11. The van der Waals surface area contributed by atoms with E-state index in [1.807, 2.05) is 6.92 Å². The van der Waals surface area contributed by atoms with Crippen molar-refractivity contribution in [2.24, 2.45) is 0 Å². The van der Waals surface area contributed by atoms with Crippen LogP contribution in [0.15, 0.2) is 4.79 Å². The topological polar surface area (TPSA) is 32.3 Å². The van der Waals surface area contributed by atoms with Crippen molar-refractivity contribution < 1.29 is 0 Å². The van der Waals surface area contributed by atoms with Crippen LogP contribution < -0.4 is 10.7 Å². The van der Waals surface area contributed by atoms with E-state index >= 15 is 0 Å². The molecular weight excluding hydrogens is 220 g/mol. The smallest absolute Gasteiger partial charge is 0.203 e. The zero-order chi connectivity index (χ0) is 12.1. The van der Waals surface area contributed by atoms with Gasteiger partial charge in [0.15, 0.2) is 0 Å². The second-order valence-electron chi connectivity index (χ2n) is 4.19. The molecule has 0 radical (unpaired) electrons. The van der Waals surface area contributed by atoms with Crippen LogP contribution in [-0.4, -0.2) is 31.6 Å². The van der Waals surface area contributed by atoms with Crippen LogP contribution in [0.2, 0.25) is 0 Å². The first-order valence-corrected chi connectivity index (χ1v) is 6.21. The third-order valence-corrected chi connectivity index (χ3v) is 3.35. The van der Waals surface area contributed by atoms with Crippen LogP contribution in [0, 0.1) is 11.4 Å². The Hall–Kier alpha value is -0.740. The minimum Gasteiger partial charge on any atom is -0.383 e. The van der Waals surface area contributed by atoms with E-state index in [2.05, 4.69) is 24.2 Å². The Balaban J connectivity index is 2.18. The van der Waals surface area contributed by atoms with Crippen molar-refractivity contribution in [3.8, 4) is 0 Å². The van der Waals surface area contributed by atoms with Crippen LogP contribution in [0.5, 0.6) is 0 Å². The fraction of sp³-hybridized carbons (Fsp3) is 0.667. The molecule has 0 saturated heterocycles. The first-order valence-electron chi connectivity index (χ1n) is 5.80. The van der Waals surface area contributed by atoms with E-state index in [0.717, 1.165) is 37.3 Å². The molecule has 3 nitrogen and oxygen atoms in total. The van der Waals surface area contributed by atoms with E-state index in [-0.39, 0.29) is 5.43 Å². The molecule has 0 atom stereocenters. The Kier molecular flexibility index (Phi) is 5.09. The molecule has 0 fully saturated rings. The molecule has 0 aliphatic rings. The van der Waals surface area contributed by atoms with Crippen molar-refractivity contribution in [1.29, 1.82) is 0 Å². The monoisotopic (exact) mass is 240 g/mol. The minimum absolute atomic E-state index is 0.0308. The zero-order valence-electron chi connectivity index (χ0n) is 10.3. The zero-order valence-corrected chi connectivity index (χ0v) is 11.1. The summed E-state index contributed by atoms with van der Waals surface area (Å²) in [6.07, 6.45) is 2.28. The average molecular weight is 240 g/mol. The number of anilines is 1. The van der Waals surface area contributed by atoms with Crippen LogP contribution in [0.4, 0.5) is 5.69 Å². The molecular formula is C12H20N2OS. The molecule has 0 aliphatic carbocycles. The minimum atomic E-state index is 0.0308. The van der Waals surface area contributed by atoms with Gasteiger partial charge >= 0.3 is 0 Å². The highest BCUT2D eigenvalue weighted by atomic mass is 32.1. The molecule has 0 saturated carbocycles. The summed E-state index contributed by atoms with van der Waals surface area (Å²) in [5, 5.41) is 3.24. The number of hydrogen-bond acceptors (Lipinski definition) is 4. The molecule has 1 N–H and O–H groups in total. The van der Waals surface area contributed by atoms with Gasteiger partial charge in [-0.2, -0.15) is 0 Å². The van der Waals surface area contributed by atoms with Crippen LogP contribution in [0.1, 0.15) is 25.3 Å². The van der Waals surface area contributed by atoms with Gasteiger partial charge in [0.1, 0.15) is 4.51 Å². The second-order valence-corrected chi connectivity index (χ2v) is 4.60. The molecule has 0 spiro atoms. The molecule has 0 amide bonds. The van der Waals surface area contributed by atoms with Crippen molar-refractivity contribution in [2.75, 3.05) is 32.0 Å². The van der Waals surface area contributed by atoms with Gasteiger partial charge in [0.25, 0.3) is 0 Å². The van der Waals surface area contributed by atoms with Crippen molar-refractivity contribution in [3.63, 3.8) is 0 Å². The van der Waals surface area contributed by atoms with E-state index in [1.165, 1.54) is 6.42 Å². The van der Waals surface area contributed by atoms with Crippen LogP contribution >= 0.6 is 12.2 Å². The molecule has 1 aromatic rings. The third kappa shape index (κ3) is 3.12. The summed E-state index contributed by atoms with van der Waals surface area (Å²) in [5.74, 6) is 0. The van der Waals surface area contributed by atoms with E-state index in [0.29, 0.717) is 4.51 Å². The van der Waals surface area contributed by atoms with E-state index in [4.69, 9.17) is 12.2 Å². The molecule has 1 rings (SSSR count). The number of unbranched alkanes of at least 4 members (excludes halogenated alkanes) is 1. The molecule has 0 unspecified atom stereocenters. The Bertz CT molecular complexity index is 407. The predicted octanol–water partition coefficient (Wildman–Crippen LogP) is 2.10. The van der Waals surface area contributed by atoms with Gasteiger partial charge in [-0.3, -0.25) is 4.79 Å². The number of nitrogens with one attached hydrogen (secondary N) is 1. The maximum absolute atomic E-state index is 11.1. The molecule has 4 heteroatoms. The number of hydrogen-bond donors (Lipinski definition) is 1. The molecule has 0 heterocycles. The summed E-state index contributed by atoms with van der Waals surface area (Å²) in [6, 6.07) is 0. The summed E-state index contributed by atoms with van der Waals surface area (Å²) in [4.78, 5) is 13.4. The summed E-state index contributed by atoms with van der Waals surface area (Å²) in [5.41, 5.74) is 1.71. The molecule has 1 aromatic carbocycles. The van der Waals surface area contributed by atoms with Crippen LogP contribution in [0.25, 0.3) is 0 Å². The summed E-state index contributed by atoms with van der Waals surface area (Å²) >= 11 is 4.96. The van der Waals surface area contributed by atoms with E-state index in [9.17, 15) is 4.79 Å². The molecule has 0 aliphatic heterocycles. The molecule has 0 aromatic heterocycles. The fourth-order valence-electron chi connectivity index (χ4n) is 1.60. The first-order chi connectivity index (χ1) is 7.57. The second kappa shape index (κ2) is 6.11. The lowest BCUT2D eigenvalue weighted by Crippen LogP contribution is -2.21. The van der Waals surface area contributed by atoms with Gasteiger partial charge in [0, 0.05) is 12.1 Å². The molecule has 0 bridgehead atoms. The largest absolute Gasteiger partial charge is 0.383 e. The number of rotatable bonds is 7. The Labute approximate surface area is 102 Å². The predicted molar refractivity (Wildman–Crippen MR) is 71.5 cm³/mol. The van der Waals surface area contributed by atoms with Crippen molar-refractivity contribution in [2.45, 2.75) is 26.7 Å². The Morgan fingerprint density at radius 3 is 2.62 bits per heavy atom. The van der Waals surface area contributed by atoms with E-state index in [1.54, 1.807) is 0 Å². The maximum Gasteiger partial charge on any atom is 0.203 e. The quantitative estimate of drug-likeness (QED) is 0.584. The highest BCUT2D eigenvalue weighted by Crippen LogP contribution is 2.15. The van der Waals surface area contributed by atoms with Crippen molar-refractivity contribution >= 4 is 17.9 Å². The van der Waals surface area contributed by atoms with Gasteiger partial charge in [-0.1, -0.05) is 19.1 Å². The molecule has 90 valence electrons. The summed E-state index contributed by atoms with van der Waals surface area (Å²) < 4.78 is 0.475. The lowest BCUT2D eigenvalue weighted by atomic mass is 10.1. The maximum atomic E-state index is 11.1. The molecule has 16 heavy (non-hydrogen) atoms. The van der Waals surface area contributed by atoms with Gasteiger partial charge in [-0.15, -0.1) is 0 Å². The van der Waals surface area contributed by atoms with Gasteiger partial charge in [-0.05, 0) is 39.9 Å². The summed E-state index contributed by atoms with van der Waals surface area (Å²) in [7, 11) is 2.12. The standard InChI is InChI=1S/C12H20N2OS/c1-4-14(3)8-6-5-7-13-10-9(2)11(15)12(10)16/h13H,4-8H2,1-3H3. The number of nitrogens with zero attached hydrogens (tertiary/aromatic N) is 1. The highest BCUT2D eigenvalue weighted by molar-refractivity contribution is 7.71. The lowest BCUT2D eigenvalue weighted by Gasteiger charge is -2.14. The van der Waals surface area contributed by atoms with Crippen molar-refractivity contribution in [1.82, 2.24) is 4.90 Å². The fourth-order valence-corrected chi connectivity index (χ4v) is 1.97. The van der Waals surface area contributed by atoms with Gasteiger partial charge in [-0.25, -0.2) is 0 Å². The van der Waals surface area contributed by atoms with Gasteiger partial charge < -0.3 is 10.2 Å². The van der Waals surface area contributed by atoms with Crippen molar-refractivity contribution in [3.05, 3.63) is 20.3 Å². The summed E-state index contributed by atoms with van der Waals surface area (Å²) in [6.45, 7) is 7.10. The SMILES string of the molecule is CCN(C)CCCCNc1c(C)c(=O)c1=S. The Morgan fingerprint density at radius 1 is 1.38 bits per heavy atom. The van der Waals surface area contributed by atoms with Gasteiger partial charge in [0.05, 0.1) is 5.69 Å². The average Bonchev–Trinajstić information content (AvgIpc) is 2.31. The third-order valence-electron chi connectivity index (χ3n) is 2.96. The first kappa shape index (κ1) is 13.3. The lowest BCUT2D eigenvalue weighted by molar-refractivity contribution is 0.345. The Morgan fingerprint density at radius 2 is 2.06 bits per heavy atom. The van der Waals surface area contributed by atoms with Crippen LogP contribution in [-0.2, 0) is 0 Å². The normalized spacial score (nSPS) is 11.2. The van der Waals surface area contributed by atoms with E-state index < -0.39 is 0 Å². The van der Waals surface area contributed by atoms with Gasteiger partial charge in [0.2, 0.25) is 5.43 Å².